The van der Waals surface area contributed by atoms with Crippen LogP contribution in [0.3, 0.4) is 0 Å². The number of hydrogen-bond donors (Lipinski definition) is 1. The maximum atomic E-state index is 12.7. The molecule has 172 valence electrons. The van der Waals surface area contributed by atoms with Crippen molar-refractivity contribution in [3.8, 4) is 11.3 Å². The highest BCUT2D eigenvalue weighted by molar-refractivity contribution is 5.76. The van der Waals surface area contributed by atoms with Gasteiger partial charge in [-0.3, -0.25) is 4.79 Å². The van der Waals surface area contributed by atoms with Crippen molar-refractivity contribution in [3.05, 3.63) is 59.7 Å². The highest BCUT2D eigenvalue weighted by Gasteiger charge is 2.22. The van der Waals surface area contributed by atoms with Crippen LogP contribution in [0.25, 0.3) is 11.3 Å². The zero-order valence-corrected chi connectivity index (χ0v) is 19.6. The van der Waals surface area contributed by atoms with Gasteiger partial charge in [0.05, 0.1) is 5.69 Å². The molecule has 1 fully saturated rings. The van der Waals surface area contributed by atoms with Crippen LogP contribution in [0.5, 0.6) is 0 Å². The number of rotatable bonds is 7. The standard InChI is InChI=1S/C25H31N7O/c1-18-16-19(2)28-25(27-18)26-11-7-10-24(33)32-14-12-31(13-15-32)23-17-22(29-20(3)30-23)21-8-5-4-6-9-21/h4-6,8-9,16-17H,7,10-15H2,1-3H3,(H,26,27,28). The number of nitrogens with zero attached hydrogens (tertiary/aromatic N) is 6. The number of nitrogens with one attached hydrogen (secondary N) is 1. The van der Waals surface area contributed by atoms with E-state index < -0.39 is 0 Å². The van der Waals surface area contributed by atoms with Gasteiger partial charge in [-0.05, 0) is 33.3 Å². The maximum absolute atomic E-state index is 12.7. The van der Waals surface area contributed by atoms with Gasteiger partial charge in [0.2, 0.25) is 11.9 Å². The normalized spacial score (nSPS) is 13.8. The first kappa shape index (κ1) is 22.6. The van der Waals surface area contributed by atoms with E-state index >= 15 is 0 Å². The third-order valence-electron chi connectivity index (χ3n) is 5.68. The van der Waals surface area contributed by atoms with Crippen molar-refractivity contribution in [2.24, 2.45) is 0 Å². The van der Waals surface area contributed by atoms with E-state index in [0.717, 1.165) is 53.8 Å². The molecule has 33 heavy (non-hydrogen) atoms. The highest BCUT2D eigenvalue weighted by atomic mass is 16.2. The Morgan fingerprint density at radius 2 is 1.61 bits per heavy atom. The minimum atomic E-state index is 0.196. The average molecular weight is 446 g/mol. The van der Waals surface area contributed by atoms with E-state index in [-0.39, 0.29) is 5.91 Å². The Morgan fingerprint density at radius 3 is 2.30 bits per heavy atom. The van der Waals surface area contributed by atoms with Crippen molar-refractivity contribution in [1.29, 1.82) is 0 Å². The largest absolute Gasteiger partial charge is 0.354 e. The summed E-state index contributed by atoms with van der Waals surface area (Å²) >= 11 is 0. The average Bonchev–Trinajstić information content (AvgIpc) is 2.81. The van der Waals surface area contributed by atoms with Gasteiger partial charge in [0, 0.05) is 62.2 Å². The van der Waals surface area contributed by atoms with E-state index in [0.29, 0.717) is 32.0 Å². The number of piperazine rings is 1. The number of amides is 1. The van der Waals surface area contributed by atoms with E-state index in [9.17, 15) is 4.79 Å². The Balaban J connectivity index is 1.26. The lowest BCUT2D eigenvalue weighted by atomic mass is 10.1. The number of carbonyl (C=O) groups is 1. The van der Waals surface area contributed by atoms with Gasteiger partial charge in [-0.15, -0.1) is 0 Å². The lowest BCUT2D eigenvalue weighted by Gasteiger charge is -2.35. The fraction of sp³-hybridized carbons (Fsp3) is 0.400. The first-order valence-corrected chi connectivity index (χ1v) is 11.5. The van der Waals surface area contributed by atoms with Crippen LogP contribution in [0.2, 0.25) is 0 Å². The zero-order valence-electron chi connectivity index (χ0n) is 19.6. The molecule has 1 aromatic carbocycles. The fourth-order valence-corrected chi connectivity index (χ4v) is 4.06. The molecule has 1 saturated heterocycles. The lowest BCUT2D eigenvalue weighted by Crippen LogP contribution is -2.49. The van der Waals surface area contributed by atoms with Crippen LogP contribution in [0.1, 0.15) is 30.1 Å². The molecule has 4 rings (SSSR count). The predicted octanol–water partition coefficient (Wildman–Crippen LogP) is 3.40. The van der Waals surface area contributed by atoms with E-state index in [2.05, 4.69) is 42.3 Å². The molecule has 0 radical (unpaired) electrons. The van der Waals surface area contributed by atoms with Crippen LogP contribution < -0.4 is 10.2 Å². The monoisotopic (exact) mass is 445 g/mol. The Hall–Kier alpha value is -3.55. The second-order valence-corrected chi connectivity index (χ2v) is 8.40. The molecule has 0 aliphatic carbocycles. The van der Waals surface area contributed by atoms with E-state index in [1.165, 1.54) is 0 Å². The van der Waals surface area contributed by atoms with Crippen molar-refractivity contribution in [2.75, 3.05) is 42.9 Å². The summed E-state index contributed by atoms with van der Waals surface area (Å²) in [6.07, 6.45) is 1.27. The third-order valence-corrected chi connectivity index (χ3v) is 5.68. The quantitative estimate of drug-likeness (QED) is 0.558. The second-order valence-electron chi connectivity index (χ2n) is 8.40. The van der Waals surface area contributed by atoms with Gasteiger partial charge in [-0.2, -0.15) is 0 Å². The molecule has 0 bridgehead atoms. The maximum Gasteiger partial charge on any atom is 0.223 e. The summed E-state index contributed by atoms with van der Waals surface area (Å²) in [7, 11) is 0. The van der Waals surface area contributed by atoms with Crippen LogP contribution in [0.15, 0.2) is 42.5 Å². The molecule has 8 heteroatoms. The molecule has 3 heterocycles. The van der Waals surface area contributed by atoms with E-state index in [1.54, 1.807) is 0 Å². The van der Waals surface area contributed by atoms with Gasteiger partial charge >= 0.3 is 0 Å². The number of aryl methyl sites for hydroxylation is 3. The molecule has 1 amide bonds. The fourth-order valence-electron chi connectivity index (χ4n) is 4.06. The lowest BCUT2D eigenvalue weighted by molar-refractivity contribution is -0.131. The van der Waals surface area contributed by atoms with Gasteiger partial charge in [0.1, 0.15) is 11.6 Å². The second kappa shape index (κ2) is 10.4. The molecule has 8 nitrogen and oxygen atoms in total. The van der Waals surface area contributed by atoms with Gasteiger partial charge < -0.3 is 15.1 Å². The number of anilines is 2. The minimum Gasteiger partial charge on any atom is -0.354 e. The Bertz CT molecular complexity index is 1070. The summed E-state index contributed by atoms with van der Waals surface area (Å²) < 4.78 is 0. The Kier molecular flexibility index (Phi) is 7.12. The molecule has 0 saturated carbocycles. The molecular weight excluding hydrogens is 414 g/mol. The SMILES string of the molecule is Cc1cc(C)nc(NCCCC(=O)N2CCN(c3cc(-c4ccccc4)nc(C)n3)CC2)n1. The number of aromatic nitrogens is 4. The summed E-state index contributed by atoms with van der Waals surface area (Å²) in [5.74, 6) is 2.50. The zero-order chi connectivity index (χ0) is 23.2. The summed E-state index contributed by atoms with van der Waals surface area (Å²) in [6.45, 7) is 9.45. The van der Waals surface area contributed by atoms with Crippen molar-refractivity contribution < 1.29 is 4.79 Å². The smallest absolute Gasteiger partial charge is 0.223 e. The number of hydrogen-bond acceptors (Lipinski definition) is 7. The Morgan fingerprint density at radius 1 is 0.909 bits per heavy atom. The first-order chi connectivity index (χ1) is 16.0. The van der Waals surface area contributed by atoms with Crippen LogP contribution in [-0.2, 0) is 4.79 Å². The molecule has 3 aromatic rings. The van der Waals surface area contributed by atoms with Gasteiger partial charge in [0.15, 0.2) is 0 Å². The molecule has 2 aromatic heterocycles. The topological polar surface area (TPSA) is 87.1 Å². The van der Waals surface area contributed by atoms with E-state index in [4.69, 9.17) is 0 Å². The first-order valence-electron chi connectivity index (χ1n) is 11.5. The molecule has 1 aliphatic heterocycles. The Labute approximate surface area is 195 Å². The molecular formula is C25H31N7O. The van der Waals surface area contributed by atoms with Crippen molar-refractivity contribution >= 4 is 17.7 Å². The summed E-state index contributed by atoms with van der Waals surface area (Å²) in [6, 6.07) is 14.1. The van der Waals surface area contributed by atoms with Gasteiger partial charge in [-0.25, -0.2) is 19.9 Å². The van der Waals surface area contributed by atoms with E-state index in [1.807, 2.05) is 56.0 Å². The summed E-state index contributed by atoms with van der Waals surface area (Å²) in [5, 5.41) is 3.22. The van der Waals surface area contributed by atoms with Gasteiger partial charge in [0.25, 0.3) is 0 Å². The van der Waals surface area contributed by atoms with Crippen LogP contribution >= 0.6 is 0 Å². The summed E-state index contributed by atoms with van der Waals surface area (Å²) in [5.41, 5.74) is 3.89. The molecule has 1 N–H and O–H groups in total. The highest BCUT2D eigenvalue weighted by Crippen LogP contribution is 2.22. The van der Waals surface area contributed by atoms with Crippen molar-refractivity contribution in [1.82, 2.24) is 24.8 Å². The molecule has 0 unspecified atom stereocenters. The molecule has 0 atom stereocenters. The molecule has 0 spiro atoms. The van der Waals surface area contributed by atoms with Crippen molar-refractivity contribution in [2.45, 2.75) is 33.6 Å². The number of carbonyl (C=O) groups excluding carboxylic acids is 1. The third kappa shape index (κ3) is 6.03. The van der Waals surface area contributed by atoms with Crippen LogP contribution in [0.4, 0.5) is 11.8 Å². The number of benzene rings is 1. The summed E-state index contributed by atoms with van der Waals surface area (Å²) in [4.78, 5) is 34.9. The van der Waals surface area contributed by atoms with Gasteiger partial charge in [-0.1, -0.05) is 30.3 Å². The predicted molar refractivity (Wildman–Crippen MR) is 130 cm³/mol. The van der Waals surface area contributed by atoms with Crippen LogP contribution in [-0.4, -0.2) is 63.5 Å². The van der Waals surface area contributed by atoms with Crippen molar-refractivity contribution in [3.63, 3.8) is 0 Å². The minimum absolute atomic E-state index is 0.196. The molecule has 1 aliphatic rings. The van der Waals surface area contributed by atoms with Crippen LogP contribution in [0, 0.1) is 20.8 Å².